The van der Waals surface area contributed by atoms with Crippen LogP contribution < -0.4 is 37.5 Å². The molecule has 0 radical (unpaired) electrons. The van der Waals surface area contributed by atoms with Crippen LogP contribution in [0.15, 0.2) is 79.8 Å². The Labute approximate surface area is 211 Å². The zero-order valence-corrected chi connectivity index (χ0v) is 21.5. The summed E-state index contributed by atoms with van der Waals surface area (Å²) in [6.07, 6.45) is 1.87. The fourth-order valence-electron chi connectivity index (χ4n) is 3.63. The van der Waals surface area contributed by atoms with Gasteiger partial charge in [0.2, 0.25) is 16.3 Å². The first-order valence-electron chi connectivity index (χ1n) is 11.9. The van der Waals surface area contributed by atoms with Gasteiger partial charge in [-0.05, 0) is 37.8 Å². The molecule has 0 saturated carbocycles. The Morgan fingerprint density at radius 2 is 1.22 bits per heavy atom. The molecular weight excluding hydrogens is 456 g/mol. The fraction of sp³-hybridized carbons (Fsp3) is 0.310. The fourth-order valence-corrected chi connectivity index (χ4v) is 3.63. The molecule has 36 heavy (non-hydrogen) atoms. The van der Waals surface area contributed by atoms with E-state index in [-0.39, 0.29) is 23.3 Å². The summed E-state index contributed by atoms with van der Waals surface area (Å²) in [6, 6.07) is 20.4. The molecule has 0 fully saturated rings. The van der Waals surface area contributed by atoms with Gasteiger partial charge in [-0.2, -0.15) is 0 Å². The highest BCUT2D eigenvalue weighted by molar-refractivity contribution is 5.56. The van der Waals surface area contributed by atoms with Gasteiger partial charge in [0, 0.05) is 17.2 Å². The number of nitrogens with two attached hydrogens (primary N) is 1. The lowest BCUT2D eigenvalue weighted by Crippen LogP contribution is -2.37. The van der Waals surface area contributed by atoms with Crippen molar-refractivity contribution in [1.82, 2.24) is 0 Å². The van der Waals surface area contributed by atoms with E-state index >= 15 is 0 Å². The summed E-state index contributed by atoms with van der Waals surface area (Å²) < 4.78 is 4.59. The zero-order valence-electron chi connectivity index (χ0n) is 21.5. The van der Waals surface area contributed by atoms with Gasteiger partial charge in [0.05, 0.1) is 18.8 Å². The van der Waals surface area contributed by atoms with Gasteiger partial charge in [-0.1, -0.05) is 74.5 Å². The average molecular weight is 491 g/mol. The molecule has 0 spiro atoms. The Kier molecular flexibility index (Phi) is 10.5. The molecule has 0 heterocycles. The van der Waals surface area contributed by atoms with E-state index in [1.54, 1.807) is 13.8 Å². The Morgan fingerprint density at radius 3 is 1.61 bits per heavy atom. The zero-order chi connectivity index (χ0) is 26.8. The van der Waals surface area contributed by atoms with Crippen molar-refractivity contribution in [2.24, 2.45) is 5.73 Å². The Hall–Kier alpha value is -3.84. The highest BCUT2D eigenvalue weighted by Crippen LogP contribution is 2.22. The van der Waals surface area contributed by atoms with E-state index in [0.29, 0.717) is 16.8 Å². The third-order valence-corrected chi connectivity index (χ3v) is 6.04. The van der Waals surface area contributed by atoms with Crippen molar-refractivity contribution >= 4 is 5.69 Å². The molecule has 7 heteroatoms. The molecule has 4 aromatic carbocycles. The molecule has 2 atom stereocenters. The van der Waals surface area contributed by atoms with Crippen LogP contribution in [0.2, 0.25) is 0 Å². The first kappa shape index (κ1) is 28.4. The molecule has 0 aliphatic rings. The summed E-state index contributed by atoms with van der Waals surface area (Å²) in [5.41, 5.74) is 7.92. The lowest BCUT2D eigenvalue weighted by Gasteiger charge is -2.20. The number of ether oxygens (including phenoxy) is 1. The van der Waals surface area contributed by atoms with Gasteiger partial charge in [0.25, 0.3) is 5.43 Å². The standard InChI is InChI=1S/C14H15NO2.C9H13N.C6H6O3/c1-3-11(10-7-5-4-6-8-10)15-12-9(2)13(16)14(12)17;1-2-9(10)8-6-4-3-5-7-8;1-3-4(7)5(8)6(3)9-2/h4-8,11,15H,3H2,1-2H3;3-7,9H,2,10H2,1H3;1-2H3/t11-;9-;/m11./s1. The van der Waals surface area contributed by atoms with Crippen molar-refractivity contribution < 1.29 is 4.74 Å². The van der Waals surface area contributed by atoms with E-state index < -0.39 is 16.3 Å². The van der Waals surface area contributed by atoms with Crippen molar-refractivity contribution in [3.8, 4) is 5.75 Å². The minimum absolute atomic E-state index is 0.0817. The minimum Gasteiger partial charge on any atom is -0.492 e. The summed E-state index contributed by atoms with van der Waals surface area (Å²) in [5.74, 6) is 0.208. The van der Waals surface area contributed by atoms with Gasteiger partial charge in [0.1, 0.15) is 0 Å². The summed E-state index contributed by atoms with van der Waals surface area (Å²) in [5, 5.41) is 3.16. The van der Waals surface area contributed by atoms with Crippen LogP contribution in [-0.2, 0) is 0 Å². The molecule has 0 bridgehead atoms. The van der Waals surface area contributed by atoms with Gasteiger partial charge in [-0.15, -0.1) is 0 Å². The smallest absolute Gasteiger partial charge is 0.268 e. The predicted molar refractivity (Wildman–Crippen MR) is 145 cm³/mol. The lowest BCUT2D eigenvalue weighted by molar-refractivity contribution is 0.401. The molecule has 4 rings (SSSR count). The maximum absolute atomic E-state index is 11.4. The van der Waals surface area contributed by atoms with Gasteiger partial charge in [0.15, 0.2) is 5.75 Å². The van der Waals surface area contributed by atoms with E-state index in [2.05, 4.69) is 29.1 Å². The van der Waals surface area contributed by atoms with Crippen molar-refractivity contribution in [1.29, 1.82) is 0 Å². The molecular formula is C29H34N2O5. The van der Waals surface area contributed by atoms with Crippen LogP contribution in [0.4, 0.5) is 5.69 Å². The van der Waals surface area contributed by atoms with Crippen molar-refractivity contribution in [2.45, 2.75) is 52.6 Å². The van der Waals surface area contributed by atoms with E-state index in [9.17, 15) is 19.2 Å². The quantitative estimate of drug-likeness (QED) is 0.378. The molecule has 0 unspecified atom stereocenters. The largest absolute Gasteiger partial charge is 0.492 e. The lowest BCUT2D eigenvalue weighted by atomic mass is 10.0. The first-order chi connectivity index (χ1) is 17.2. The Balaban J connectivity index is 0.000000205. The van der Waals surface area contributed by atoms with Crippen LogP contribution in [0.1, 0.15) is 61.0 Å². The highest BCUT2D eigenvalue weighted by atomic mass is 16.5. The number of hydrogen-bond acceptors (Lipinski definition) is 7. The van der Waals surface area contributed by atoms with Crippen LogP contribution in [-0.4, -0.2) is 7.11 Å². The van der Waals surface area contributed by atoms with Crippen molar-refractivity contribution in [2.75, 3.05) is 12.4 Å². The van der Waals surface area contributed by atoms with Crippen molar-refractivity contribution in [3.63, 3.8) is 0 Å². The molecule has 190 valence electrons. The number of rotatable bonds is 7. The van der Waals surface area contributed by atoms with Crippen LogP contribution in [0.25, 0.3) is 0 Å². The Bertz CT molecular complexity index is 1380. The second kappa shape index (κ2) is 13.3. The summed E-state index contributed by atoms with van der Waals surface area (Å²) in [7, 11) is 1.38. The van der Waals surface area contributed by atoms with E-state index in [4.69, 9.17) is 5.73 Å². The van der Waals surface area contributed by atoms with Crippen LogP contribution in [0, 0.1) is 13.8 Å². The van der Waals surface area contributed by atoms with E-state index in [1.165, 1.54) is 12.7 Å². The van der Waals surface area contributed by atoms with Gasteiger partial charge >= 0.3 is 0 Å². The SMILES string of the molecule is CC[C@@H](N)c1ccccc1.CC[C@@H](Nc1c(C)c(=O)c1=O)c1ccccc1.COc1c(C)c(=O)c1=O. The number of anilines is 1. The summed E-state index contributed by atoms with van der Waals surface area (Å²) >= 11 is 0. The molecule has 3 N–H and O–H groups in total. The van der Waals surface area contributed by atoms with Crippen LogP contribution in [0.3, 0.4) is 0 Å². The topological polar surface area (TPSA) is 116 Å². The third-order valence-electron chi connectivity index (χ3n) is 6.04. The maximum atomic E-state index is 11.4. The molecule has 0 aliphatic carbocycles. The maximum Gasteiger partial charge on any atom is 0.268 e. The van der Waals surface area contributed by atoms with E-state index in [1.807, 2.05) is 55.5 Å². The normalized spacial score (nSPS) is 12.1. The second-order valence-electron chi connectivity index (χ2n) is 8.42. The molecule has 0 amide bonds. The van der Waals surface area contributed by atoms with Crippen LogP contribution >= 0.6 is 0 Å². The molecule has 7 nitrogen and oxygen atoms in total. The predicted octanol–water partition coefficient (Wildman–Crippen LogP) is 3.85. The molecule has 0 aliphatic heterocycles. The minimum atomic E-state index is -0.505. The molecule has 4 aromatic rings. The second-order valence-corrected chi connectivity index (χ2v) is 8.42. The molecule has 0 aromatic heterocycles. The van der Waals surface area contributed by atoms with Gasteiger partial charge in [-0.25, -0.2) is 0 Å². The average Bonchev–Trinajstić information content (AvgIpc) is 2.94. The number of methoxy groups -OCH3 is 1. The Morgan fingerprint density at radius 1 is 0.722 bits per heavy atom. The third kappa shape index (κ3) is 6.64. The number of benzene rings is 2. The highest BCUT2D eigenvalue weighted by Gasteiger charge is 2.20. The summed E-state index contributed by atoms with van der Waals surface area (Å²) in [6.45, 7) is 7.40. The monoisotopic (exact) mass is 490 g/mol. The summed E-state index contributed by atoms with van der Waals surface area (Å²) in [4.78, 5) is 43.4. The number of nitrogens with one attached hydrogen (secondary N) is 1. The van der Waals surface area contributed by atoms with Crippen molar-refractivity contribution in [3.05, 3.63) is 124 Å². The number of hydrogen-bond donors (Lipinski definition) is 2. The first-order valence-corrected chi connectivity index (χ1v) is 11.9. The van der Waals surface area contributed by atoms with E-state index in [0.717, 1.165) is 18.4 Å². The van der Waals surface area contributed by atoms with Crippen LogP contribution in [0.5, 0.6) is 5.75 Å². The van der Waals surface area contributed by atoms with Gasteiger partial charge < -0.3 is 15.8 Å². The molecule has 0 saturated heterocycles. The van der Waals surface area contributed by atoms with Gasteiger partial charge in [-0.3, -0.25) is 19.2 Å².